The van der Waals surface area contributed by atoms with Crippen molar-refractivity contribution in [3.63, 3.8) is 0 Å². The van der Waals surface area contributed by atoms with Gasteiger partial charge < -0.3 is 20.5 Å². The fourth-order valence-corrected chi connectivity index (χ4v) is 3.83. The Balaban J connectivity index is 2.37. The predicted octanol–water partition coefficient (Wildman–Crippen LogP) is 7.25. The highest BCUT2D eigenvalue weighted by Crippen LogP contribution is 2.39. The molecule has 2 aromatic carbocycles. The Morgan fingerprint density at radius 1 is 0.919 bits per heavy atom. The summed E-state index contributed by atoms with van der Waals surface area (Å²) < 4.78 is 20.2. The van der Waals surface area contributed by atoms with Crippen molar-refractivity contribution in [1.29, 1.82) is 0 Å². The van der Waals surface area contributed by atoms with Crippen molar-refractivity contribution in [1.82, 2.24) is 0 Å². The van der Waals surface area contributed by atoms with E-state index in [1.54, 1.807) is 6.92 Å². The zero-order valence-corrected chi connectivity index (χ0v) is 23.5. The second kappa shape index (κ2) is 12.4. The van der Waals surface area contributed by atoms with E-state index in [0.29, 0.717) is 12.2 Å². The van der Waals surface area contributed by atoms with Crippen LogP contribution in [-0.2, 0) is 20.4 Å². The molecule has 2 aromatic rings. The van der Waals surface area contributed by atoms with E-state index >= 15 is 0 Å². The van der Waals surface area contributed by atoms with Crippen LogP contribution in [0.15, 0.2) is 36.4 Å². The number of phenolic OH excluding ortho intramolecular Hbond substituents is 1. The number of hydrogen-bond donors (Lipinski definition) is 3. The normalized spacial score (nSPS) is 13.5. The van der Waals surface area contributed by atoms with Gasteiger partial charge in [-0.25, -0.2) is 4.39 Å². The van der Waals surface area contributed by atoms with Gasteiger partial charge in [0.15, 0.2) is 12.3 Å². The van der Waals surface area contributed by atoms with Gasteiger partial charge in [0, 0.05) is 5.56 Å². The predicted molar refractivity (Wildman–Crippen MR) is 148 cm³/mol. The Morgan fingerprint density at radius 2 is 1.57 bits per heavy atom. The zero-order chi connectivity index (χ0) is 28.0. The minimum atomic E-state index is -1.73. The molecule has 0 saturated heterocycles. The van der Waals surface area contributed by atoms with Crippen LogP contribution in [0.4, 0.5) is 15.8 Å². The van der Waals surface area contributed by atoms with E-state index in [-0.39, 0.29) is 34.4 Å². The summed E-state index contributed by atoms with van der Waals surface area (Å²) in [7, 11) is 0. The van der Waals surface area contributed by atoms with Crippen LogP contribution in [0, 0.1) is 0 Å². The molecule has 2 atom stereocenters. The number of phenols is 1. The fraction of sp³-hybridized carbons (Fsp3) is 0.533. The number of amides is 2. The number of anilines is 2. The number of benzene rings is 2. The quantitative estimate of drug-likeness (QED) is 0.260. The molecule has 7 heteroatoms. The van der Waals surface area contributed by atoms with E-state index in [9.17, 15) is 19.1 Å². The van der Waals surface area contributed by atoms with Crippen molar-refractivity contribution >= 4 is 23.2 Å². The fourth-order valence-electron chi connectivity index (χ4n) is 3.83. The van der Waals surface area contributed by atoms with Crippen LogP contribution < -0.4 is 15.4 Å². The second-order valence-corrected chi connectivity index (χ2v) is 10.8. The average Bonchev–Trinajstić information content (AvgIpc) is 2.88. The molecule has 0 saturated carbocycles. The Bertz CT molecular complexity index is 1100. The average molecular weight is 515 g/mol. The van der Waals surface area contributed by atoms with Gasteiger partial charge in [-0.2, -0.15) is 0 Å². The minimum absolute atomic E-state index is 0.00244. The molecule has 204 valence electrons. The summed E-state index contributed by atoms with van der Waals surface area (Å²) in [5, 5.41) is 15.4. The molecule has 0 aliphatic rings. The van der Waals surface area contributed by atoms with Crippen LogP contribution in [0.1, 0.15) is 92.2 Å². The van der Waals surface area contributed by atoms with Crippen molar-refractivity contribution in [2.75, 3.05) is 10.6 Å². The van der Waals surface area contributed by atoms with E-state index in [2.05, 4.69) is 64.3 Å². The maximum Gasteiger partial charge on any atom is 0.265 e. The van der Waals surface area contributed by atoms with Gasteiger partial charge in [-0.05, 0) is 60.3 Å². The summed E-state index contributed by atoms with van der Waals surface area (Å²) in [6.45, 7) is 16.4. The number of carbonyl (C=O) groups is 2. The molecule has 3 N–H and O–H groups in total. The topological polar surface area (TPSA) is 87.7 Å². The first kappa shape index (κ1) is 30.1. The van der Waals surface area contributed by atoms with Crippen LogP contribution in [-0.4, -0.2) is 29.2 Å². The van der Waals surface area contributed by atoms with Crippen molar-refractivity contribution in [2.24, 2.45) is 0 Å². The molecular weight excluding hydrogens is 471 g/mol. The molecule has 0 fully saturated rings. The molecule has 6 nitrogen and oxygen atoms in total. The van der Waals surface area contributed by atoms with E-state index < -0.39 is 24.1 Å². The summed E-state index contributed by atoms with van der Waals surface area (Å²) in [6.07, 6.45) is -0.283. The summed E-state index contributed by atoms with van der Waals surface area (Å²) in [6, 6.07) is 10.6. The summed E-state index contributed by atoms with van der Waals surface area (Å²) >= 11 is 0. The van der Waals surface area contributed by atoms with Crippen LogP contribution in [0.3, 0.4) is 0 Å². The molecule has 0 bridgehead atoms. The largest absolute Gasteiger partial charge is 0.506 e. The first-order valence-electron chi connectivity index (χ1n) is 13.2. The monoisotopic (exact) mass is 514 g/mol. The number of aromatic hydroxyl groups is 1. The van der Waals surface area contributed by atoms with Crippen LogP contribution in [0.25, 0.3) is 0 Å². The van der Waals surface area contributed by atoms with Crippen LogP contribution in [0.2, 0.25) is 0 Å². The lowest BCUT2D eigenvalue weighted by Crippen LogP contribution is -2.34. The number of carbonyl (C=O) groups excluding carboxylic acids is 2. The van der Waals surface area contributed by atoms with E-state index in [4.69, 9.17) is 4.74 Å². The van der Waals surface area contributed by atoms with Crippen LogP contribution >= 0.6 is 0 Å². The van der Waals surface area contributed by atoms with Gasteiger partial charge in [0.2, 0.25) is 0 Å². The van der Waals surface area contributed by atoms with Gasteiger partial charge in [0.25, 0.3) is 11.8 Å². The van der Waals surface area contributed by atoms with Gasteiger partial charge in [-0.15, -0.1) is 0 Å². The summed E-state index contributed by atoms with van der Waals surface area (Å²) in [5.41, 5.74) is 2.21. The molecule has 2 amide bonds. The molecule has 0 heterocycles. The standard InChI is InChI=1S/C30H43FN2O4/c1-9-21(31)27(35)33-26-22(14-13-15-23(26)34)32-28(36)24(10-2)37-25-17-16-19(29(5,6)11-3)18-20(25)30(7,8)12-4/h13-18,21,24,34H,9-12H2,1-8H3,(H,32,36)(H,33,35). The van der Waals surface area contributed by atoms with Gasteiger partial charge in [0.05, 0.1) is 5.69 Å². The summed E-state index contributed by atoms with van der Waals surface area (Å²) in [4.78, 5) is 25.4. The number of alkyl halides is 1. The molecule has 0 aromatic heterocycles. The first-order valence-corrected chi connectivity index (χ1v) is 13.2. The second-order valence-electron chi connectivity index (χ2n) is 10.8. The van der Waals surface area contributed by atoms with Gasteiger partial charge in [-0.1, -0.05) is 73.6 Å². The maximum atomic E-state index is 13.8. The number of nitrogens with one attached hydrogen (secondary N) is 2. The van der Waals surface area contributed by atoms with Crippen molar-refractivity contribution in [3.05, 3.63) is 47.5 Å². The number of para-hydroxylation sites is 1. The third-order valence-electron chi connectivity index (χ3n) is 7.38. The van der Waals surface area contributed by atoms with Crippen LogP contribution in [0.5, 0.6) is 11.5 Å². The molecule has 0 aliphatic heterocycles. The number of rotatable bonds is 12. The molecule has 37 heavy (non-hydrogen) atoms. The van der Waals surface area contributed by atoms with E-state index in [0.717, 1.165) is 18.4 Å². The van der Waals surface area contributed by atoms with Gasteiger partial charge in [0.1, 0.15) is 17.2 Å². The summed E-state index contributed by atoms with van der Waals surface area (Å²) in [5.74, 6) is -0.944. The minimum Gasteiger partial charge on any atom is -0.506 e. The first-order chi connectivity index (χ1) is 17.3. The Labute approximate surface area is 221 Å². The number of hydrogen-bond acceptors (Lipinski definition) is 4. The highest BCUT2D eigenvalue weighted by Gasteiger charge is 2.29. The zero-order valence-electron chi connectivity index (χ0n) is 23.5. The van der Waals surface area contributed by atoms with E-state index in [1.165, 1.54) is 23.8 Å². The maximum absolute atomic E-state index is 13.8. The molecule has 0 aliphatic carbocycles. The molecule has 0 spiro atoms. The van der Waals surface area contributed by atoms with Gasteiger partial charge in [-0.3, -0.25) is 9.59 Å². The van der Waals surface area contributed by atoms with Gasteiger partial charge >= 0.3 is 0 Å². The Hall–Kier alpha value is -3.09. The lowest BCUT2D eigenvalue weighted by molar-refractivity contribution is -0.123. The lowest BCUT2D eigenvalue weighted by atomic mass is 9.76. The van der Waals surface area contributed by atoms with E-state index in [1.807, 2.05) is 13.0 Å². The van der Waals surface area contributed by atoms with Crippen molar-refractivity contribution < 1.29 is 23.8 Å². The Morgan fingerprint density at radius 3 is 2.14 bits per heavy atom. The third-order valence-corrected chi connectivity index (χ3v) is 7.38. The van der Waals surface area contributed by atoms with Crippen molar-refractivity contribution in [3.8, 4) is 11.5 Å². The third kappa shape index (κ3) is 7.24. The molecule has 2 unspecified atom stereocenters. The van der Waals surface area contributed by atoms with Crippen molar-refractivity contribution in [2.45, 2.75) is 104 Å². The lowest BCUT2D eigenvalue weighted by Gasteiger charge is -2.31. The highest BCUT2D eigenvalue weighted by molar-refractivity contribution is 6.03. The SMILES string of the molecule is CCC(F)C(=O)Nc1c(O)cccc1NC(=O)C(CC)Oc1ccc(C(C)(C)CC)cc1C(C)(C)CC. The molecular formula is C30H43FN2O4. The molecule has 0 radical (unpaired) electrons. The number of halogens is 1. The smallest absolute Gasteiger partial charge is 0.265 e. The number of ether oxygens (including phenoxy) is 1. The highest BCUT2D eigenvalue weighted by atomic mass is 19.1. The Kier molecular flexibility index (Phi) is 10.1. The molecule has 2 rings (SSSR count).